The molecule has 5 aliphatic rings. The van der Waals surface area contributed by atoms with Crippen molar-refractivity contribution in [3.8, 4) is 0 Å². The van der Waals surface area contributed by atoms with Crippen molar-refractivity contribution in [2.45, 2.75) is 38.5 Å². The highest BCUT2D eigenvalue weighted by molar-refractivity contribution is 7.22. The summed E-state index contributed by atoms with van der Waals surface area (Å²) >= 11 is 1.55. The molecule has 1 aromatic carbocycles. The zero-order valence-electron chi connectivity index (χ0n) is 16.1. The Bertz CT molecular complexity index is 898. The number of aromatic nitrogens is 1. The summed E-state index contributed by atoms with van der Waals surface area (Å²) in [4.78, 5) is 22.6. The maximum absolute atomic E-state index is 13.5. The first-order valence-electron chi connectivity index (χ1n) is 10.7. The van der Waals surface area contributed by atoms with Gasteiger partial charge >= 0.3 is 0 Å². The Balaban J connectivity index is 1.16. The summed E-state index contributed by atoms with van der Waals surface area (Å²) < 4.78 is 14.3. The Labute approximate surface area is 168 Å². The maximum atomic E-state index is 13.5. The number of rotatable bonds is 2. The number of nitrogens with zero attached hydrogens (tertiary/aromatic N) is 3. The molecule has 2 heterocycles. The number of amides is 1. The molecule has 0 N–H and O–H groups in total. The van der Waals surface area contributed by atoms with Crippen molar-refractivity contribution in [3.63, 3.8) is 0 Å². The van der Waals surface area contributed by atoms with E-state index in [1.165, 1.54) is 25.3 Å². The van der Waals surface area contributed by atoms with Gasteiger partial charge in [-0.05, 0) is 74.5 Å². The molecule has 28 heavy (non-hydrogen) atoms. The summed E-state index contributed by atoms with van der Waals surface area (Å²) in [5.41, 5.74) is 0.818. The van der Waals surface area contributed by atoms with Crippen LogP contribution >= 0.6 is 11.3 Å². The van der Waals surface area contributed by atoms with Gasteiger partial charge in [0.05, 0.1) is 15.6 Å². The lowest BCUT2D eigenvalue weighted by Gasteiger charge is -2.57. The zero-order valence-corrected chi connectivity index (χ0v) is 16.9. The summed E-state index contributed by atoms with van der Waals surface area (Å²) in [6, 6.07) is 4.77. The predicted octanol–water partition coefficient (Wildman–Crippen LogP) is 4.30. The zero-order chi connectivity index (χ0) is 18.9. The molecule has 0 atom stereocenters. The monoisotopic (exact) mass is 399 g/mol. The maximum Gasteiger partial charge on any atom is 0.228 e. The van der Waals surface area contributed by atoms with E-state index in [4.69, 9.17) is 0 Å². The molecule has 0 radical (unpaired) electrons. The molecule has 1 amide bonds. The van der Waals surface area contributed by atoms with Crippen molar-refractivity contribution in [3.05, 3.63) is 24.0 Å². The average Bonchev–Trinajstić information content (AvgIpc) is 3.09. The van der Waals surface area contributed by atoms with Gasteiger partial charge < -0.3 is 9.80 Å². The van der Waals surface area contributed by atoms with E-state index < -0.39 is 0 Å². The van der Waals surface area contributed by atoms with Crippen molar-refractivity contribution >= 4 is 32.6 Å². The number of benzene rings is 1. The first-order chi connectivity index (χ1) is 13.6. The average molecular weight is 400 g/mol. The van der Waals surface area contributed by atoms with E-state index in [1.54, 1.807) is 23.5 Å². The van der Waals surface area contributed by atoms with E-state index in [9.17, 15) is 9.18 Å². The number of fused-ring (bicyclic) bond motifs is 1. The molecule has 7 rings (SSSR count). The fraction of sp³-hybridized carbons (Fsp3) is 0.636. The molecule has 0 spiro atoms. The molecular weight excluding hydrogens is 373 g/mol. The van der Waals surface area contributed by atoms with Crippen LogP contribution in [0, 0.1) is 29.0 Å². The van der Waals surface area contributed by atoms with Crippen LogP contribution in [-0.4, -0.2) is 42.0 Å². The number of hydrogen-bond donors (Lipinski definition) is 0. The number of halogens is 1. The third kappa shape index (κ3) is 2.67. The molecule has 4 bridgehead atoms. The van der Waals surface area contributed by atoms with Gasteiger partial charge in [0.2, 0.25) is 5.91 Å². The van der Waals surface area contributed by atoms with Gasteiger partial charge in [0.15, 0.2) is 5.13 Å². The molecule has 1 aromatic heterocycles. The van der Waals surface area contributed by atoms with Crippen LogP contribution in [0.25, 0.3) is 10.2 Å². The quantitative estimate of drug-likeness (QED) is 0.755. The highest BCUT2D eigenvalue weighted by Crippen LogP contribution is 2.60. The minimum absolute atomic E-state index is 0.0374. The number of anilines is 1. The van der Waals surface area contributed by atoms with E-state index in [1.807, 2.05) is 0 Å². The van der Waals surface area contributed by atoms with Crippen molar-refractivity contribution in [2.24, 2.45) is 23.2 Å². The van der Waals surface area contributed by atoms with Crippen LogP contribution < -0.4 is 4.90 Å². The van der Waals surface area contributed by atoms with E-state index in [0.29, 0.717) is 5.91 Å². The normalized spacial score (nSPS) is 34.4. The fourth-order valence-electron chi connectivity index (χ4n) is 6.83. The van der Waals surface area contributed by atoms with E-state index in [-0.39, 0.29) is 11.2 Å². The topological polar surface area (TPSA) is 36.4 Å². The molecule has 4 saturated carbocycles. The van der Waals surface area contributed by atoms with Crippen LogP contribution in [0.15, 0.2) is 18.2 Å². The van der Waals surface area contributed by atoms with Gasteiger partial charge in [-0.2, -0.15) is 0 Å². The highest BCUT2D eigenvalue weighted by atomic mass is 32.1. The Morgan fingerprint density at radius 2 is 1.68 bits per heavy atom. The van der Waals surface area contributed by atoms with E-state index in [0.717, 1.165) is 78.5 Å². The molecule has 4 aliphatic carbocycles. The first-order valence-corrected chi connectivity index (χ1v) is 11.5. The standard InChI is InChI=1S/C22H26FN3OS/c23-17-1-2-18-19(10-17)28-21(24-18)26-5-3-25(4-6-26)20(27)22-11-14-7-15(12-22)9-16(8-14)13-22/h1-2,10,14-16H,3-9,11-13H2. The predicted molar refractivity (Wildman–Crippen MR) is 109 cm³/mol. The highest BCUT2D eigenvalue weighted by Gasteiger charge is 2.55. The number of carbonyl (C=O) groups is 1. The number of hydrogen-bond acceptors (Lipinski definition) is 4. The van der Waals surface area contributed by atoms with Crippen molar-refractivity contribution in [2.75, 3.05) is 31.1 Å². The Kier molecular flexibility index (Phi) is 3.78. The molecular formula is C22H26FN3OS. The second-order valence-electron chi connectivity index (χ2n) is 9.59. The minimum Gasteiger partial charge on any atom is -0.345 e. The summed E-state index contributed by atoms with van der Waals surface area (Å²) in [7, 11) is 0. The van der Waals surface area contributed by atoms with Gasteiger partial charge in [-0.1, -0.05) is 11.3 Å². The summed E-state index contributed by atoms with van der Waals surface area (Å²) in [6.45, 7) is 3.20. The minimum atomic E-state index is -0.214. The van der Waals surface area contributed by atoms with Crippen LogP contribution in [0.4, 0.5) is 9.52 Å². The molecule has 4 nitrogen and oxygen atoms in total. The number of carbonyl (C=O) groups excluding carboxylic acids is 1. The van der Waals surface area contributed by atoms with Gasteiger partial charge in [0, 0.05) is 26.2 Å². The third-order valence-electron chi connectivity index (χ3n) is 7.67. The van der Waals surface area contributed by atoms with Crippen LogP contribution in [0.3, 0.4) is 0 Å². The Hall–Kier alpha value is -1.69. The lowest BCUT2D eigenvalue weighted by Crippen LogP contribution is -2.58. The van der Waals surface area contributed by atoms with Crippen LogP contribution in [0.5, 0.6) is 0 Å². The first kappa shape index (κ1) is 17.2. The van der Waals surface area contributed by atoms with Gasteiger partial charge in [0.25, 0.3) is 0 Å². The molecule has 1 saturated heterocycles. The molecule has 2 aromatic rings. The summed E-state index contributed by atoms with van der Waals surface area (Å²) in [6.07, 6.45) is 7.54. The fourth-order valence-corrected chi connectivity index (χ4v) is 7.87. The summed E-state index contributed by atoms with van der Waals surface area (Å²) in [5, 5.41) is 0.947. The second kappa shape index (κ2) is 6.15. The van der Waals surface area contributed by atoms with Gasteiger partial charge in [-0.3, -0.25) is 4.79 Å². The molecule has 6 heteroatoms. The second-order valence-corrected chi connectivity index (χ2v) is 10.6. The van der Waals surface area contributed by atoms with Crippen molar-refractivity contribution in [1.29, 1.82) is 0 Å². The van der Waals surface area contributed by atoms with E-state index in [2.05, 4.69) is 14.8 Å². The molecule has 148 valence electrons. The largest absolute Gasteiger partial charge is 0.345 e. The lowest BCUT2D eigenvalue weighted by atomic mass is 9.49. The van der Waals surface area contributed by atoms with Crippen LogP contribution in [0.2, 0.25) is 0 Å². The Morgan fingerprint density at radius 1 is 1.04 bits per heavy atom. The third-order valence-corrected chi connectivity index (χ3v) is 8.75. The van der Waals surface area contributed by atoms with Crippen molar-refractivity contribution < 1.29 is 9.18 Å². The van der Waals surface area contributed by atoms with Crippen LogP contribution in [-0.2, 0) is 4.79 Å². The molecule has 0 unspecified atom stereocenters. The smallest absolute Gasteiger partial charge is 0.228 e. The van der Waals surface area contributed by atoms with Crippen molar-refractivity contribution in [1.82, 2.24) is 9.88 Å². The Morgan fingerprint density at radius 3 is 2.32 bits per heavy atom. The number of piperazine rings is 1. The van der Waals surface area contributed by atoms with Gasteiger partial charge in [-0.15, -0.1) is 0 Å². The van der Waals surface area contributed by atoms with E-state index >= 15 is 0 Å². The van der Waals surface area contributed by atoms with Crippen LogP contribution in [0.1, 0.15) is 38.5 Å². The molecule has 1 aliphatic heterocycles. The van der Waals surface area contributed by atoms with Gasteiger partial charge in [-0.25, -0.2) is 9.37 Å². The SMILES string of the molecule is O=C(N1CCN(c2nc3ccc(F)cc3s2)CC1)C12CC3CC(CC(C3)C1)C2. The summed E-state index contributed by atoms with van der Waals surface area (Å²) in [5.74, 6) is 2.64. The van der Waals surface area contributed by atoms with Gasteiger partial charge in [0.1, 0.15) is 5.82 Å². The molecule has 5 fully saturated rings. The number of thiazole rings is 1. The lowest BCUT2D eigenvalue weighted by molar-refractivity contribution is -0.158.